The molecule has 0 spiro atoms. The number of fused-ring (bicyclic) bond motifs is 1. The maximum atomic E-state index is 11.1. The Morgan fingerprint density at radius 3 is 1.72 bits per heavy atom. The molecule has 1 aliphatic heterocycles. The number of carboxylic acid groups (broad SMARTS) is 2. The van der Waals surface area contributed by atoms with E-state index in [9.17, 15) is 9.59 Å². The van der Waals surface area contributed by atoms with E-state index in [1.165, 1.54) is 0 Å². The second kappa shape index (κ2) is 2.88. The molecule has 0 aromatic carbocycles. The first-order chi connectivity index (χ1) is 8.33. The van der Waals surface area contributed by atoms with Crippen LogP contribution in [0, 0.1) is 22.7 Å². The van der Waals surface area contributed by atoms with Gasteiger partial charge in [0.25, 0.3) is 0 Å². The Morgan fingerprint density at radius 1 is 1.06 bits per heavy atom. The second-order valence-corrected chi connectivity index (χ2v) is 5.43. The SMILES string of the molecule is CC1(C2(C)[C@@H]3C(C(=O)O)=NN=C(C(=O)O)[C@@H]32)C=C1. The van der Waals surface area contributed by atoms with Crippen LogP contribution in [0.2, 0.25) is 0 Å². The molecular weight excluding hydrogens is 236 g/mol. The molecule has 94 valence electrons. The van der Waals surface area contributed by atoms with E-state index in [1.54, 1.807) is 0 Å². The molecule has 0 aromatic heterocycles. The van der Waals surface area contributed by atoms with Gasteiger partial charge in [-0.05, 0) is 5.41 Å². The highest BCUT2D eigenvalue weighted by Gasteiger charge is 2.76. The van der Waals surface area contributed by atoms with Crippen molar-refractivity contribution in [1.82, 2.24) is 0 Å². The molecule has 1 heterocycles. The van der Waals surface area contributed by atoms with Crippen molar-refractivity contribution >= 4 is 23.4 Å². The standard InChI is InChI=1S/C12H12N2O4/c1-11(3-4-11)12(2)5-6(12)8(10(17)18)14-13-7(5)9(15)16/h3-6H,1-2H3,(H,15,16)(H,17,18)/t5-,6+,12?. The van der Waals surface area contributed by atoms with Crippen molar-refractivity contribution in [2.45, 2.75) is 13.8 Å². The van der Waals surface area contributed by atoms with Crippen LogP contribution in [-0.2, 0) is 9.59 Å². The molecule has 0 amide bonds. The van der Waals surface area contributed by atoms with E-state index in [0.717, 1.165) is 0 Å². The van der Waals surface area contributed by atoms with Gasteiger partial charge in [0.1, 0.15) is 0 Å². The largest absolute Gasteiger partial charge is 0.477 e. The van der Waals surface area contributed by atoms with Gasteiger partial charge in [0, 0.05) is 17.3 Å². The number of nitrogens with zero attached hydrogens (tertiary/aromatic N) is 2. The molecule has 1 unspecified atom stereocenters. The van der Waals surface area contributed by atoms with E-state index in [1.807, 2.05) is 26.0 Å². The van der Waals surface area contributed by atoms with Crippen molar-refractivity contribution < 1.29 is 19.8 Å². The number of aliphatic carboxylic acids is 2. The smallest absolute Gasteiger partial charge is 0.352 e. The van der Waals surface area contributed by atoms with Crippen LogP contribution in [0.4, 0.5) is 0 Å². The Morgan fingerprint density at radius 2 is 1.44 bits per heavy atom. The van der Waals surface area contributed by atoms with Crippen molar-refractivity contribution in [3.8, 4) is 0 Å². The van der Waals surface area contributed by atoms with Crippen LogP contribution >= 0.6 is 0 Å². The lowest BCUT2D eigenvalue weighted by molar-refractivity contribution is -0.130. The molecule has 1 saturated carbocycles. The molecule has 0 saturated heterocycles. The zero-order valence-electron chi connectivity index (χ0n) is 9.91. The molecular formula is C12H12N2O4. The van der Waals surface area contributed by atoms with Gasteiger partial charge in [0.05, 0.1) is 0 Å². The molecule has 2 N–H and O–H groups in total. The van der Waals surface area contributed by atoms with Crippen molar-refractivity contribution in [2.24, 2.45) is 32.9 Å². The van der Waals surface area contributed by atoms with Gasteiger partial charge in [0.15, 0.2) is 11.4 Å². The van der Waals surface area contributed by atoms with Gasteiger partial charge >= 0.3 is 11.9 Å². The first-order valence-corrected chi connectivity index (χ1v) is 5.65. The summed E-state index contributed by atoms with van der Waals surface area (Å²) >= 11 is 0. The molecule has 2 aliphatic carbocycles. The molecule has 3 atom stereocenters. The first-order valence-electron chi connectivity index (χ1n) is 5.65. The third-order valence-corrected chi connectivity index (χ3v) is 4.64. The Kier molecular flexibility index (Phi) is 1.78. The average molecular weight is 248 g/mol. The fourth-order valence-electron chi connectivity index (χ4n) is 3.13. The van der Waals surface area contributed by atoms with Crippen molar-refractivity contribution in [2.75, 3.05) is 0 Å². The number of carboxylic acids is 2. The van der Waals surface area contributed by atoms with E-state index >= 15 is 0 Å². The molecule has 18 heavy (non-hydrogen) atoms. The van der Waals surface area contributed by atoms with Crippen LogP contribution < -0.4 is 0 Å². The number of allylic oxidation sites excluding steroid dienone is 2. The third-order valence-electron chi connectivity index (χ3n) is 4.64. The summed E-state index contributed by atoms with van der Waals surface area (Å²) in [4.78, 5) is 22.3. The number of rotatable bonds is 3. The quantitative estimate of drug-likeness (QED) is 0.721. The summed E-state index contributed by atoms with van der Waals surface area (Å²) in [6, 6.07) is 0. The summed E-state index contributed by atoms with van der Waals surface area (Å²) in [6.45, 7) is 3.88. The Labute approximate surface area is 103 Å². The summed E-state index contributed by atoms with van der Waals surface area (Å²) in [7, 11) is 0. The van der Waals surface area contributed by atoms with Crippen molar-refractivity contribution in [1.29, 1.82) is 0 Å². The molecule has 6 nitrogen and oxygen atoms in total. The third kappa shape index (κ3) is 1.07. The molecule has 3 rings (SSSR count). The monoisotopic (exact) mass is 248 g/mol. The molecule has 0 bridgehead atoms. The fourth-order valence-corrected chi connectivity index (χ4v) is 3.13. The minimum atomic E-state index is -1.12. The predicted molar refractivity (Wildman–Crippen MR) is 62.5 cm³/mol. The van der Waals surface area contributed by atoms with Crippen LogP contribution in [0.5, 0.6) is 0 Å². The Bertz CT molecular complexity index is 531. The molecule has 0 aromatic rings. The van der Waals surface area contributed by atoms with Crippen LogP contribution in [0.1, 0.15) is 13.8 Å². The highest BCUT2D eigenvalue weighted by Crippen LogP contribution is 2.73. The van der Waals surface area contributed by atoms with E-state index in [0.29, 0.717) is 0 Å². The van der Waals surface area contributed by atoms with E-state index in [2.05, 4.69) is 10.2 Å². The summed E-state index contributed by atoms with van der Waals surface area (Å²) in [5.41, 5.74) is -0.707. The lowest BCUT2D eigenvalue weighted by Crippen LogP contribution is -2.25. The van der Waals surface area contributed by atoms with Gasteiger partial charge in [0.2, 0.25) is 0 Å². The second-order valence-electron chi connectivity index (χ2n) is 5.43. The van der Waals surface area contributed by atoms with Crippen LogP contribution in [0.25, 0.3) is 0 Å². The van der Waals surface area contributed by atoms with Gasteiger partial charge < -0.3 is 10.2 Å². The maximum Gasteiger partial charge on any atom is 0.352 e. The fraction of sp³-hybridized carbons (Fsp3) is 0.500. The highest BCUT2D eigenvalue weighted by atomic mass is 16.4. The highest BCUT2D eigenvalue weighted by molar-refractivity contribution is 6.44. The average Bonchev–Trinajstić information content (AvgIpc) is 3.17. The zero-order chi connectivity index (χ0) is 13.3. The summed E-state index contributed by atoms with van der Waals surface area (Å²) < 4.78 is 0. The molecule has 0 radical (unpaired) electrons. The molecule has 1 fully saturated rings. The molecule has 3 aliphatic rings. The minimum Gasteiger partial charge on any atom is -0.477 e. The Hall–Kier alpha value is -1.98. The molecule has 6 heteroatoms. The van der Waals surface area contributed by atoms with Crippen LogP contribution in [0.3, 0.4) is 0 Å². The normalized spacial score (nSPS) is 38.3. The van der Waals surface area contributed by atoms with E-state index in [4.69, 9.17) is 10.2 Å². The first kappa shape index (κ1) is 11.1. The Balaban J connectivity index is 2.06. The number of hydrogen-bond donors (Lipinski definition) is 2. The van der Waals surface area contributed by atoms with Crippen LogP contribution in [-0.4, -0.2) is 33.6 Å². The topological polar surface area (TPSA) is 99.3 Å². The van der Waals surface area contributed by atoms with E-state index in [-0.39, 0.29) is 28.7 Å². The van der Waals surface area contributed by atoms with Crippen LogP contribution in [0.15, 0.2) is 22.4 Å². The number of carbonyl (C=O) groups is 2. The summed E-state index contributed by atoms with van der Waals surface area (Å²) in [6.07, 6.45) is 3.95. The van der Waals surface area contributed by atoms with Crippen molar-refractivity contribution in [3.63, 3.8) is 0 Å². The van der Waals surface area contributed by atoms with Crippen molar-refractivity contribution in [3.05, 3.63) is 12.2 Å². The summed E-state index contributed by atoms with van der Waals surface area (Å²) in [5, 5.41) is 25.4. The minimum absolute atomic E-state index is 0.0255. The van der Waals surface area contributed by atoms with Gasteiger partial charge in [-0.25, -0.2) is 9.59 Å². The lowest BCUT2D eigenvalue weighted by Gasteiger charge is -2.20. The van der Waals surface area contributed by atoms with Gasteiger partial charge in [-0.1, -0.05) is 26.0 Å². The predicted octanol–water partition coefficient (Wildman–Crippen LogP) is 0.795. The number of hydrogen-bond acceptors (Lipinski definition) is 4. The lowest BCUT2D eigenvalue weighted by atomic mass is 9.82. The van der Waals surface area contributed by atoms with Gasteiger partial charge in [-0.3, -0.25) is 0 Å². The van der Waals surface area contributed by atoms with Gasteiger partial charge in [-0.2, -0.15) is 0 Å². The zero-order valence-corrected chi connectivity index (χ0v) is 9.91. The maximum absolute atomic E-state index is 11.1. The van der Waals surface area contributed by atoms with E-state index < -0.39 is 17.4 Å². The van der Waals surface area contributed by atoms with Gasteiger partial charge in [-0.15, -0.1) is 10.2 Å². The summed E-state index contributed by atoms with van der Waals surface area (Å²) in [5.74, 6) is -2.96.